The lowest BCUT2D eigenvalue weighted by Gasteiger charge is -2.38. The van der Waals surface area contributed by atoms with Gasteiger partial charge in [-0.2, -0.15) is 5.26 Å². The van der Waals surface area contributed by atoms with Gasteiger partial charge in [0.15, 0.2) is 0 Å². The Balaban J connectivity index is 1.31. The molecule has 0 heterocycles. The maximum absolute atomic E-state index is 13.7. The Hall–Kier alpha value is -1.62. The van der Waals surface area contributed by atoms with Crippen LogP contribution in [0.5, 0.6) is 0 Å². The van der Waals surface area contributed by atoms with Crippen LogP contribution in [0.4, 0.5) is 4.39 Å². The highest BCUT2D eigenvalue weighted by molar-refractivity contribution is 5.51. The highest BCUT2D eigenvalue weighted by atomic mass is 19.1. The van der Waals surface area contributed by atoms with Crippen LogP contribution in [0.3, 0.4) is 0 Å². The number of nitrogens with zero attached hydrogens (tertiary/aromatic N) is 1. The van der Waals surface area contributed by atoms with Crippen LogP contribution in [0, 0.1) is 40.8 Å². The highest BCUT2D eigenvalue weighted by Crippen LogP contribution is 2.43. The zero-order chi connectivity index (χ0) is 21.2. The molecule has 0 saturated heterocycles. The summed E-state index contributed by atoms with van der Waals surface area (Å²) in [6.07, 6.45) is 23.9. The summed E-state index contributed by atoms with van der Waals surface area (Å²) in [6, 6.07) is 6.72. The van der Waals surface area contributed by atoms with Crippen LogP contribution in [0.2, 0.25) is 0 Å². The van der Waals surface area contributed by atoms with E-state index in [1.807, 2.05) is 18.2 Å². The van der Waals surface area contributed by atoms with E-state index in [1.165, 1.54) is 89.5 Å². The van der Waals surface area contributed by atoms with Crippen LogP contribution in [0.25, 0.3) is 6.08 Å². The molecule has 0 radical (unpaired) electrons. The van der Waals surface area contributed by atoms with E-state index in [-0.39, 0.29) is 5.56 Å². The summed E-state index contributed by atoms with van der Waals surface area (Å²) in [5, 5.41) is 8.81. The first-order valence-corrected chi connectivity index (χ1v) is 12.6. The molecule has 0 spiro atoms. The van der Waals surface area contributed by atoms with Crippen molar-refractivity contribution in [1.29, 1.82) is 5.26 Å². The molecule has 1 aromatic carbocycles. The zero-order valence-corrected chi connectivity index (χ0v) is 18.9. The topological polar surface area (TPSA) is 23.8 Å². The van der Waals surface area contributed by atoms with Crippen molar-refractivity contribution in [2.45, 2.75) is 96.8 Å². The third kappa shape index (κ3) is 6.97. The number of nitriles is 1. The molecule has 0 aromatic heterocycles. The summed E-state index contributed by atoms with van der Waals surface area (Å²) in [6.45, 7) is 2.31. The SMILES string of the molecule is CCCCCC1CCC(C2CCC(CCC=Cc3ccc(C#N)c(F)c3)CC2)CC1. The predicted molar refractivity (Wildman–Crippen MR) is 124 cm³/mol. The zero-order valence-electron chi connectivity index (χ0n) is 18.9. The van der Waals surface area contributed by atoms with Crippen LogP contribution in [-0.4, -0.2) is 0 Å². The van der Waals surface area contributed by atoms with Crippen molar-refractivity contribution >= 4 is 6.08 Å². The summed E-state index contributed by atoms with van der Waals surface area (Å²) in [5.41, 5.74) is 0.967. The second-order valence-electron chi connectivity index (χ2n) is 9.89. The van der Waals surface area contributed by atoms with Gasteiger partial charge < -0.3 is 0 Å². The average molecular weight is 410 g/mol. The summed E-state index contributed by atoms with van der Waals surface area (Å²) in [4.78, 5) is 0. The first kappa shape index (κ1) is 23.1. The second-order valence-corrected chi connectivity index (χ2v) is 9.89. The molecule has 0 unspecified atom stereocenters. The molecule has 2 aliphatic carbocycles. The van der Waals surface area contributed by atoms with Crippen molar-refractivity contribution in [3.8, 4) is 6.07 Å². The van der Waals surface area contributed by atoms with Gasteiger partial charge in [0.2, 0.25) is 0 Å². The monoisotopic (exact) mass is 409 g/mol. The van der Waals surface area contributed by atoms with Crippen molar-refractivity contribution in [3.05, 3.63) is 41.2 Å². The van der Waals surface area contributed by atoms with Crippen LogP contribution in [-0.2, 0) is 0 Å². The Morgan fingerprint density at radius 2 is 1.57 bits per heavy atom. The number of rotatable bonds is 9. The van der Waals surface area contributed by atoms with Crippen LogP contribution in [0.15, 0.2) is 24.3 Å². The van der Waals surface area contributed by atoms with Gasteiger partial charge in [0.05, 0.1) is 5.56 Å². The maximum atomic E-state index is 13.7. The molecule has 164 valence electrons. The van der Waals surface area contributed by atoms with Crippen molar-refractivity contribution < 1.29 is 4.39 Å². The van der Waals surface area contributed by atoms with E-state index in [4.69, 9.17) is 5.26 Å². The fourth-order valence-corrected chi connectivity index (χ4v) is 5.86. The molecule has 2 heteroatoms. The first-order valence-electron chi connectivity index (χ1n) is 12.6. The number of halogens is 1. The Kier molecular flexibility index (Phi) is 9.44. The van der Waals surface area contributed by atoms with E-state index >= 15 is 0 Å². The van der Waals surface area contributed by atoms with Gasteiger partial charge in [-0.15, -0.1) is 0 Å². The molecule has 1 aromatic rings. The molecule has 0 aliphatic heterocycles. The number of hydrogen-bond donors (Lipinski definition) is 0. The van der Waals surface area contributed by atoms with Gasteiger partial charge in [-0.1, -0.05) is 76.5 Å². The fraction of sp³-hybridized carbons (Fsp3) is 0.679. The minimum atomic E-state index is -0.423. The Morgan fingerprint density at radius 3 is 2.13 bits per heavy atom. The Bertz CT molecular complexity index is 700. The molecule has 2 aliphatic rings. The third-order valence-corrected chi connectivity index (χ3v) is 7.83. The molecule has 1 nitrogen and oxygen atoms in total. The molecule has 2 saturated carbocycles. The van der Waals surface area contributed by atoms with Gasteiger partial charge in [-0.05, 0) is 79.9 Å². The molecule has 0 atom stereocenters. The van der Waals surface area contributed by atoms with Gasteiger partial charge in [-0.25, -0.2) is 4.39 Å². The molecule has 0 bridgehead atoms. The van der Waals surface area contributed by atoms with E-state index < -0.39 is 5.82 Å². The van der Waals surface area contributed by atoms with Crippen molar-refractivity contribution in [3.63, 3.8) is 0 Å². The summed E-state index contributed by atoms with van der Waals surface area (Å²) in [7, 11) is 0. The lowest BCUT2D eigenvalue weighted by Crippen LogP contribution is -2.25. The van der Waals surface area contributed by atoms with Crippen molar-refractivity contribution in [2.75, 3.05) is 0 Å². The third-order valence-electron chi connectivity index (χ3n) is 7.83. The largest absolute Gasteiger partial charge is 0.206 e. The summed E-state index contributed by atoms with van der Waals surface area (Å²) in [5.74, 6) is 3.48. The van der Waals surface area contributed by atoms with Gasteiger partial charge in [0.1, 0.15) is 11.9 Å². The molecule has 0 N–H and O–H groups in total. The van der Waals surface area contributed by atoms with Gasteiger partial charge in [0.25, 0.3) is 0 Å². The van der Waals surface area contributed by atoms with E-state index in [2.05, 4.69) is 13.0 Å². The van der Waals surface area contributed by atoms with E-state index in [9.17, 15) is 4.39 Å². The molecule has 2 fully saturated rings. The van der Waals surface area contributed by atoms with Gasteiger partial charge >= 0.3 is 0 Å². The van der Waals surface area contributed by atoms with Crippen molar-refractivity contribution in [2.24, 2.45) is 23.7 Å². The Labute approximate surface area is 183 Å². The quantitative estimate of drug-likeness (QED) is 0.374. The van der Waals surface area contributed by atoms with E-state index in [1.54, 1.807) is 6.07 Å². The second kappa shape index (κ2) is 12.3. The van der Waals surface area contributed by atoms with Crippen LogP contribution in [0.1, 0.15) is 108 Å². The van der Waals surface area contributed by atoms with Gasteiger partial charge in [0, 0.05) is 0 Å². The molecule has 0 amide bonds. The lowest BCUT2D eigenvalue weighted by atomic mass is 9.68. The molecular weight excluding hydrogens is 369 g/mol. The number of hydrogen-bond acceptors (Lipinski definition) is 1. The molecular formula is C28H40FN. The lowest BCUT2D eigenvalue weighted by molar-refractivity contribution is 0.140. The normalized spacial score (nSPS) is 27.2. The van der Waals surface area contributed by atoms with E-state index in [0.29, 0.717) is 0 Å². The maximum Gasteiger partial charge on any atom is 0.141 e. The predicted octanol–water partition coefficient (Wildman–Crippen LogP) is 8.68. The number of allylic oxidation sites excluding steroid dienone is 1. The fourth-order valence-electron chi connectivity index (χ4n) is 5.86. The minimum Gasteiger partial charge on any atom is -0.206 e. The van der Waals surface area contributed by atoms with Crippen LogP contribution < -0.4 is 0 Å². The smallest absolute Gasteiger partial charge is 0.141 e. The summed E-state index contributed by atoms with van der Waals surface area (Å²) >= 11 is 0. The summed E-state index contributed by atoms with van der Waals surface area (Å²) < 4.78 is 13.7. The minimum absolute atomic E-state index is 0.119. The van der Waals surface area contributed by atoms with E-state index in [0.717, 1.165) is 35.7 Å². The van der Waals surface area contributed by atoms with Gasteiger partial charge in [-0.3, -0.25) is 0 Å². The standard InChI is InChI=1S/C28H40FN/c1-2-3-4-7-22-10-15-25(16-11-22)26-17-12-23(13-18-26)8-5-6-9-24-14-19-27(21-30)28(29)20-24/h6,9,14,19-20,22-23,25-26H,2-5,7-8,10-13,15-18H2,1H3. The average Bonchev–Trinajstić information content (AvgIpc) is 2.78. The molecule has 30 heavy (non-hydrogen) atoms. The Morgan fingerprint density at radius 1 is 0.933 bits per heavy atom. The van der Waals surface area contributed by atoms with Crippen LogP contribution >= 0.6 is 0 Å². The molecule has 3 rings (SSSR count). The highest BCUT2D eigenvalue weighted by Gasteiger charge is 2.30. The van der Waals surface area contributed by atoms with Crippen molar-refractivity contribution in [1.82, 2.24) is 0 Å². The number of benzene rings is 1. The first-order chi connectivity index (χ1) is 14.7. The number of unbranched alkanes of at least 4 members (excludes halogenated alkanes) is 2.